The second-order valence-corrected chi connectivity index (χ2v) is 8.02. The molecule has 2 saturated heterocycles. The first-order chi connectivity index (χ1) is 15.2. The predicted molar refractivity (Wildman–Crippen MR) is 138 cm³/mol. The number of para-hydroxylation sites is 1. The summed E-state index contributed by atoms with van der Waals surface area (Å²) in [6, 6.07) is 18.5. The first-order valence-corrected chi connectivity index (χ1v) is 10.9. The van der Waals surface area contributed by atoms with Gasteiger partial charge in [0, 0.05) is 51.9 Å². The van der Waals surface area contributed by atoms with Gasteiger partial charge in [0.05, 0.1) is 19.3 Å². The molecule has 2 aliphatic heterocycles. The number of nitrogens with one attached hydrogen (secondary N) is 2. The molecule has 4 rings (SSSR count). The van der Waals surface area contributed by atoms with Crippen molar-refractivity contribution in [3.05, 3.63) is 65.7 Å². The van der Waals surface area contributed by atoms with Crippen LogP contribution in [0.25, 0.3) is 0 Å². The van der Waals surface area contributed by atoms with Crippen LogP contribution in [0.15, 0.2) is 59.6 Å². The van der Waals surface area contributed by atoms with Crippen LogP contribution in [-0.4, -0.2) is 62.7 Å². The molecule has 0 saturated carbocycles. The Morgan fingerprint density at radius 2 is 1.84 bits per heavy atom. The van der Waals surface area contributed by atoms with Gasteiger partial charge in [0.2, 0.25) is 5.91 Å². The smallest absolute Gasteiger partial charge is 0.229 e. The van der Waals surface area contributed by atoms with Gasteiger partial charge in [0.1, 0.15) is 0 Å². The number of rotatable bonds is 6. The highest BCUT2D eigenvalue weighted by Crippen LogP contribution is 2.21. The Morgan fingerprint density at radius 1 is 1.09 bits per heavy atom. The van der Waals surface area contributed by atoms with Crippen molar-refractivity contribution in [2.75, 3.05) is 44.8 Å². The van der Waals surface area contributed by atoms with E-state index in [-0.39, 0.29) is 35.9 Å². The Balaban J connectivity index is 0.00000289. The quantitative estimate of drug-likeness (QED) is 0.330. The van der Waals surface area contributed by atoms with Crippen molar-refractivity contribution in [1.29, 1.82) is 0 Å². The summed E-state index contributed by atoms with van der Waals surface area (Å²) in [5.74, 6) is 0.848. The summed E-state index contributed by atoms with van der Waals surface area (Å²) >= 11 is 0. The van der Waals surface area contributed by atoms with Crippen molar-refractivity contribution in [3.8, 4) is 0 Å². The minimum Gasteiger partial charge on any atom is -0.379 e. The van der Waals surface area contributed by atoms with Crippen LogP contribution in [0.1, 0.15) is 17.5 Å². The molecule has 2 aromatic rings. The number of ether oxygens (including phenoxy) is 1. The van der Waals surface area contributed by atoms with Crippen LogP contribution in [0, 0.1) is 0 Å². The molecule has 7 nitrogen and oxygen atoms in total. The van der Waals surface area contributed by atoms with Crippen molar-refractivity contribution >= 4 is 41.5 Å². The summed E-state index contributed by atoms with van der Waals surface area (Å²) in [5, 5.41) is 6.79. The molecule has 0 aliphatic carbocycles. The predicted octanol–water partition coefficient (Wildman–Crippen LogP) is 2.61. The third kappa shape index (κ3) is 6.66. The first kappa shape index (κ1) is 24.5. The second-order valence-electron chi connectivity index (χ2n) is 8.02. The van der Waals surface area contributed by atoms with E-state index >= 15 is 0 Å². The molecule has 2 aliphatic rings. The number of carbonyl (C=O) groups excluding carboxylic acids is 1. The molecular weight excluding hydrogens is 517 g/mol. The average Bonchev–Trinajstić information content (AvgIpc) is 3.18. The van der Waals surface area contributed by atoms with Crippen LogP contribution in [0.5, 0.6) is 0 Å². The molecule has 0 bridgehead atoms. The lowest BCUT2D eigenvalue weighted by Gasteiger charge is -2.26. The third-order valence-corrected chi connectivity index (χ3v) is 5.72. The van der Waals surface area contributed by atoms with Crippen LogP contribution < -0.4 is 15.5 Å². The maximum Gasteiger partial charge on any atom is 0.229 e. The van der Waals surface area contributed by atoms with E-state index < -0.39 is 0 Å². The van der Waals surface area contributed by atoms with Gasteiger partial charge in [-0.25, -0.2) is 0 Å². The van der Waals surface area contributed by atoms with Crippen LogP contribution >= 0.6 is 24.0 Å². The largest absolute Gasteiger partial charge is 0.379 e. The van der Waals surface area contributed by atoms with Crippen molar-refractivity contribution in [2.24, 2.45) is 4.99 Å². The van der Waals surface area contributed by atoms with E-state index in [1.165, 1.54) is 11.1 Å². The maximum absolute atomic E-state index is 12.4. The van der Waals surface area contributed by atoms with E-state index in [4.69, 9.17) is 4.74 Å². The maximum atomic E-state index is 12.4. The second kappa shape index (κ2) is 12.2. The normalized spacial score (nSPS) is 19.5. The molecule has 32 heavy (non-hydrogen) atoms. The molecule has 2 N–H and O–H groups in total. The van der Waals surface area contributed by atoms with Gasteiger partial charge in [-0.2, -0.15) is 0 Å². The van der Waals surface area contributed by atoms with Gasteiger partial charge in [0.15, 0.2) is 5.96 Å². The average molecular weight is 549 g/mol. The Bertz CT molecular complexity index is 902. The zero-order valence-electron chi connectivity index (χ0n) is 18.5. The Kier molecular flexibility index (Phi) is 9.31. The third-order valence-electron chi connectivity index (χ3n) is 5.72. The lowest BCUT2D eigenvalue weighted by atomic mass is 10.1. The number of guanidine groups is 1. The summed E-state index contributed by atoms with van der Waals surface area (Å²) in [5.41, 5.74) is 3.46. The van der Waals surface area contributed by atoms with Gasteiger partial charge in [-0.15, -0.1) is 24.0 Å². The Hall–Kier alpha value is -2.17. The molecule has 172 valence electrons. The van der Waals surface area contributed by atoms with Gasteiger partial charge in [-0.3, -0.25) is 14.7 Å². The molecule has 1 atom stereocenters. The summed E-state index contributed by atoms with van der Waals surface area (Å²) in [6.07, 6.45) is 0.463. The number of halogens is 1. The monoisotopic (exact) mass is 549 g/mol. The van der Waals surface area contributed by atoms with Gasteiger partial charge in [-0.1, -0.05) is 42.5 Å². The van der Waals surface area contributed by atoms with Crippen LogP contribution in [0.3, 0.4) is 0 Å². The highest BCUT2D eigenvalue weighted by atomic mass is 127. The van der Waals surface area contributed by atoms with Gasteiger partial charge in [0.25, 0.3) is 0 Å². The molecule has 0 radical (unpaired) electrons. The number of nitrogens with zero attached hydrogens (tertiary/aromatic N) is 3. The van der Waals surface area contributed by atoms with Crippen molar-refractivity contribution in [2.45, 2.75) is 25.6 Å². The van der Waals surface area contributed by atoms with Gasteiger partial charge >= 0.3 is 0 Å². The number of hydrogen-bond donors (Lipinski definition) is 2. The van der Waals surface area contributed by atoms with E-state index in [0.29, 0.717) is 25.5 Å². The SMILES string of the molecule is CN=C(NCc1cccc(CN2CCOCC2)c1)NC1CC(=O)N(c2ccccc2)C1.I. The van der Waals surface area contributed by atoms with E-state index in [1.54, 1.807) is 7.05 Å². The highest BCUT2D eigenvalue weighted by molar-refractivity contribution is 14.0. The fourth-order valence-electron chi connectivity index (χ4n) is 4.09. The molecule has 0 aromatic heterocycles. The fraction of sp³-hybridized carbons (Fsp3) is 0.417. The van der Waals surface area contributed by atoms with Crippen LogP contribution in [0.2, 0.25) is 0 Å². The molecule has 1 unspecified atom stereocenters. The molecule has 2 heterocycles. The standard InChI is InChI=1S/C24H31N5O2.HI/c1-25-24(27-21-15-23(30)29(18-21)22-8-3-2-4-9-22)26-16-19-6-5-7-20(14-19)17-28-10-12-31-13-11-28;/h2-9,14,21H,10-13,15-18H2,1H3,(H2,25,26,27);1H. The lowest BCUT2D eigenvalue weighted by Crippen LogP contribution is -2.44. The molecule has 2 aromatic carbocycles. The minimum atomic E-state index is 0. The topological polar surface area (TPSA) is 69.2 Å². The van der Waals surface area contributed by atoms with E-state index in [1.807, 2.05) is 35.2 Å². The molecule has 0 spiro atoms. The van der Waals surface area contributed by atoms with Crippen LogP contribution in [-0.2, 0) is 22.6 Å². The summed E-state index contributed by atoms with van der Waals surface area (Å²) in [4.78, 5) is 21.1. The Labute approximate surface area is 207 Å². The Morgan fingerprint density at radius 3 is 2.59 bits per heavy atom. The number of morpholine rings is 1. The van der Waals surface area contributed by atoms with Crippen molar-refractivity contribution < 1.29 is 9.53 Å². The lowest BCUT2D eigenvalue weighted by molar-refractivity contribution is -0.117. The van der Waals surface area contributed by atoms with E-state index in [2.05, 4.69) is 44.8 Å². The van der Waals surface area contributed by atoms with E-state index in [0.717, 1.165) is 38.5 Å². The summed E-state index contributed by atoms with van der Waals surface area (Å²) < 4.78 is 5.44. The first-order valence-electron chi connectivity index (χ1n) is 10.9. The molecule has 1 amide bonds. The van der Waals surface area contributed by atoms with Gasteiger partial charge < -0.3 is 20.3 Å². The fourth-order valence-corrected chi connectivity index (χ4v) is 4.09. The minimum absolute atomic E-state index is 0. The van der Waals surface area contributed by atoms with Crippen molar-refractivity contribution in [3.63, 3.8) is 0 Å². The van der Waals surface area contributed by atoms with E-state index in [9.17, 15) is 4.79 Å². The number of aliphatic imine (C=N–C) groups is 1. The number of anilines is 1. The zero-order chi connectivity index (χ0) is 21.5. The molecule has 8 heteroatoms. The number of hydrogen-bond acceptors (Lipinski definition) is 4. The number of carbonyl (C=O) groups is 1. The van der Waals surface area contributed by atoms with Crippen LogP contribution in [0.4, 0.5) is 5.69 Å². The summed E-state index contributed by atoms with van der Waals surface area (Å²) in [7, 11) is 1.76. The molecule has 2 fully saturated rings. The van der Waals surface area contributed by atoms with Crippen molar-refractivity contribution in [1.82, 2.24) is 15.5 Å². The number of amides is 1. The zero-order valence-corrected chi connectivity index (χ0v) is 20.8. The highest BCUT2D eigenvalue weighted by Gasteiger charge is 2.31. The molecular formula is C24H32IN5O2. The van der Waals surface area contributed by atoms with Gasteiger partial charge in [-0.05, 0) is 23.3 Å². The number of benzene rings is 2. The summed E-state index contributed by atoms with van der Waals surface area (Å²) in [6.45, 7) is 5.86.